The normalized spacial score (nSPS) is 17.2. The van der Waals surface area contributed by atoms with Gasteiger partial charge in [0.05, 0.1) is 19.8 Å². The standard InChI is InChI=1S/C19H30N2O3/c1-3-23-11-12-24-14-17-5-4-6-18(15(17)2)21-19(22)8-7-16-9-10-20-13-16/h4-6,16,20H,3,7-14H2,1-2H3,(H,21,22). The maximum Gasteiger partial charge on any atom is 0.224 e. The van der Waals surface area contributed by atoms with Crippen LogP contribution in [0.5, 0.6) is 0 Å². The van der Waals surface area contributed by atoms with Crippen molar-refractivity contribution in [1.82, 2.24) is 5.32 Å². The van der Waals surface area contributed by atoms with Crippen molar-refractivity contribution in [1.29, 1.82) is 0 Å². The fourth-order valence-electron chi connectivity index (χ4n) is 2.93. The van der Waals surface area contributed by atoms with Crippen molar-refractivity contribution in [2.45, 2.75) is 39.7 Å². The molecule has 0 bridgehead atoms. The predicted molar refractivity (Wildman–Crippen MR) is 96.2 cm³/mol. The van der Waals surface area contributed by atoms with Crippen molar-refractivity contribution in [3.8, 4) is 0 Å². The van der Waals surface area contributed by atoms with Crippen molar-refractivity contribution >= 4 is 11.6 Å². The van der Waals surface area contributed by atoms with E-state index >= 15 is 0 Å². The molecule has 0 aliphatic carbocycles. The molecule has 1 heterocycles. The SMILES string of the molecule is CCOCCOCc1cccc(NC(=O)CCC2CCNC2)c1C. The fourth-order valence-corrected chi connectivity index (χ4v) is 2.93. The molecule has 1 amide bonds. The monoisotopic (exact) mass is 334 g/mol. The molecule has 134 valence electrons. The number of rotatable bonds is 10. The first-order valence-corrected chi connectivity index (χ1v) is 8.95. The van der Waals surface area contributed by atoms with Crippen molar-refractivity contribution in [3.05, 3.63) is 29.3 Å². The largest absolute Gasteiger partial charge is 0.379 e. The Morgan fingerprint density at radius 3 is 2.92 bits per heavy atom. The first-order chi connectivity index (χ1) is 11.7. The highest BCUT2D eigenvalue weighted by atomic mass is 16.5. The molecule has 1 aromatic rings. The number of carbonyl (C=O) groups is 1. The lowest BCUT2D eigenvalue weighted by Crippen LogP contribution is -2.16. The highest BCUT2D eigenvalue weighted by Crippen LogP contribution is 2.21. The summed E-state index contributed by atoms with van der Waals surface area (Å²) in [5.74, 6) is 0.737. The average Bonchev–Trinajstić information content (AvgIpc) is 3.09. The Morgan fingerprint density at radius 1 is 1.33 bits per heavy atom. The van der Waals surface area contributed by atoms with E-state index in [1.807, 2.05) is 32.0 Å². The van der Waals surface area contributed by atoms with Gasteiger partial charge in [-0.05, 0) is 62.9 Å². The first-order valence-electron chi connectivity index (χ1n) is 8.95. The van der Waals surface area contributed by atoms with Crippen LogP contribution in [0.2, 0.25) is 0 Å². The van der Waals surface area contributed by atoms with Crippen molar-refractivity contribution < 1.29 is 14.3 Å². The van der Waals surface area contributed by atoms with Gasteiger partial charge >= 0.3 is 0 Å². The molecule has 1 atom stereocenters. The minimum absolute atomic E-state index is 0.0967. The van der Waals surface area contributed by atoms with Crippen LogP contribution in [-0.2, 0) is 20.9 Å². The molecule has 1 aliphatic heterocycles. The second-order valence-electron chi connectivity index (χ2n) is 6.28. The highest BCUT2D eigenvalue weighted by Gasteiger charge is 2.16. The van der Waals surface area contributed by atoms with Gasteiger partial charge in [-0.2, -0.15) is 0 Å². The average molecular weight is 334 g/mol. The van der Waals surface area contributed by atoms with Crippen molar-refractivity contribution in [2.24, 2.45) is 5.92 Å². The molecule has 1 unspecified atom stereocenters. The molecule has 1 fully saturated rings. The summed E-state index contributed by atoms with van der Waals surface area (Å²) in [6.07, 6.45) is 2.72. The molecule has 0 spiro atoms. The Labute approximate surface area is 145 Å². The number of ether oxygens (including phenoxy) is 2. The molecule has 2 rings (SSSR count). The van der Waals surface area contributed by atoms with Crippen molar-refractivity contribution in [2.75, 3.05) is 38.2 Å². The van der Waals surface area contributed by atoms with Crippen LogP contribution in [0.15, 0.2) is 18.2 Å². The fraction of sp³-hybridized carbons (Fsp3) is 0.632. The molecular weight excluding hydrogens is 304 g/mol. The Kier molecular flexibility index (Phi) is 8.22. The number of amides is 1. The van der Waals surface area contributed by atoms with Crippen LogP contribution in [0.1, 0.15) is 37.3 Å². The molecule has 24 heavy (non-hydrogen) atoms. The summed E-state index contributed by atoms with van der Waals surface area (Å²) in [5.41, 5.74) is 3.06. The molecule has 1 saturated heterocycles. The summed E-state index contributed by atoms with van der Waals surface area (Å²) in [6.45, 7) is 8.56. The smallest absolute Gasteiger partial charge is 0.224 e. The second kappa shape index (κ2) is 10.4. The zero-order valence-electron chi connectivity index (χ0n) is 14.9. The molecule has 2 N–H and O–H groups in total. The Morgan fingerprint density at radius 2 is 2.17 bits per heavy atom. The highest BCUT2D eigenvalue weighted by molar-refractivity contribution is 5.91. The number of nitrogens with one attached hydrogen (secondary N) is 2. The van der Waals surface area contributed by atoms with Crippen LogP contribution in [0, 0.1) is 12.8 Å². The van der Waals surface area contributed by atoms with E-state index < -0.39 is 0 Å². The maximum absolute atomic E-state index is 12.2. The third-order valence-corrected chi connectivity index (χ3v) is 4.50. The van der Waals surface area contributed by atoms with Gasteiger partial charge in [0.25, 0.3) is 0 Å². The van der Waals surface area contributed by atoms with Crippen LogP contribution in [0.3, 0.4) is 0 Å². The van der Waals surface area contributed by atoms with E-state index in [2.05, 4.69) is 10.6 Å². The number of anilines is 1. The van der Waals surface area contributed by atoms with Gasteiger partial charge in [-0.15, -0.1) is 0 Å². The summed E-state index contributed by atoms with van der Waals surface area (Å²) in [6, 6.07) is 5.95. The summed E-state index contributed by atoms with van der Waals surface area (Å²) >= 11 is 0. The molecule has 0 saturated carbocycles. The van der Waals surface area contributed by atoms with Gasteiger partial charge in [-0.1, -0.05) is 12.1 Å². The van der Waals surface area contributed by atoms with Crippen LogP contribution >= 0.6 is 0 Å². The first kappa shape index (κ1) is 18.9. The Hall–Kier alpha value is -1.43. The third kappa shape index (κ3) is 6.23. The Balaban J connectivity index is 1.79. The Bertz CT molecular complexity index is 513. The lowest BCUT2D eigenvalue weighted by Gasteiger charge is -2.14. The van der Waals surface area contributed by atoms with Crippen LogP contribution in [0.4, 0.5) is 5.69 Å². The number of hydrogen-bond donors (Lipinski definition) is 2. The zero-order valence-corrected chi connectivity index (χ0v) is 14.9. The molecule has 5 heteroatoms. The summed E-state index contributed by atoms with van der Waals surface area (Å²) in [5, 5.41) is 6.39. The van der Waals surface area contributed by atoms with Gasteiger partial charge in [-0.3, -0.25) is 4.79 Å². The van der Waals surface area contributed by atoms with E-state index in [0.29, 0.717) is 38.8 Å². The molecule has 1 aromatic carbocycles. The van der Waals surface area contributed by atoms with Crippen LogP contribution in [0.25, 0.3) is 0 Å². The van der Waals surface area contributed by atoms with Gasteiger partial charge in [-0.25, -0.2) is 0 Å². The summed E-state index contributed by atoms with van der Waals surface area (Å²) in [4.78, 5) is 12.2. The van der Waals surface area contributed by atoms with E-state index in [-0.39, 0.29) is 5.91 Å². The third-order valence-electron chi connectivity index (χ3n) is 4.50. The van der Waals surface area contributed by atoms with Gasteiger partial charge in [0.15, 0.2) is 0 Å². The minimum Gasteiger partial charge on any atom is -0.379 e. The number of hydrogen-bond acceptors (Lipinski definition) is 4. The topological polar surface area (TPSA) is 59.6 Å². The molecule has 1 aliphatic rings. The van der Waals surface area contributed by atoms with Crippen LogP contribution < -0.4 is 10.6 Å². The van der Waals surface area contributed by atoms with E-state index in [1.54, 1.807) is 0 Å². The molecule has 0 radical (unpaired) electrons. The lowest BCUT2D eigenvalue weighted by atomic mass is 10.0. The van der Waals surface area contributed by atoms with E-state index in [4.69, 9.17) is 9.47 Å². The molecular formula is C19H30N2O3. The van der Waals surface area contributed by atoms with E-state index in [0.717, 1.165) is 36.3 Å². The number of benzene rings is 1. The quantitative estimate of drug-likeness (QED) is 0.646. The zero-order chi connectivity index (χ0) is 17.2. The minimum atomic E-state index is 0.0967. The van der Waals surface area contributed by atoms with Gasteiger partial charge in [0.1, 0.15) is 0 Å². The van der Waals surface area contributed by atoms with Gasteiger partial charge < -0.3 is 20.1 Å². The number of carbonyl (C=O) groups excluding carboxylic acids is 1. The van der Waals surface area contributed by atoms with Crippen molar-refractivity contribution in [3.63, 3.8) is 0 Å². The van der Waals surface area contributed by atoms with Crippen LogP contribution in [-0.4, -0.2) is 38.8 Å². The molecule has 0 aromatic heterocycles. The van der Waals surface area contributed by atoms with E-state index in [1.165, 1.54) is 6.42 Å². The maximum atomic E-state index is 12.2. The summed E-state index contributed by atoms with van der Waals surface area (Å²) < 4.78 is 10.9. The molecule has 5 nitrogen and oxygen atoms in total. The second-order valence-corrected chi connectivity index (χ2v) is 6.28. The lowest BCUT2D eigenvalue weighted by molar-refractivity contribution is -0.116. The summed E-state index contributed by atoms with van der Waals surface area (Å²) in [7, 11) is 0. The van der Waals surface area contributed by atoms with Gasteiger partial charge in [0.2, 0.25) is 5.91 Å². The predicted octanol–water partition coefficient (Wildman–Crippen LogP) is 2.88. The van der Waals surface area contributed by atoms with E-state index in [9.17, 15) is 4.79 Å². The van der Waals surface area contributed by atoms with Gasteiger partial charge in [0, 0.05) is 18.7 Å².